The zero-order valence-electron chi connectivity index (χ0n) is 6.38. The molecule has 4 heteroatoms. The van der Waals surface area contributed by atoms with E-state index in [1.807, 2.05) is 18.2 Å². The molecule has 0 nitrogen and oxygen atoms in total. The average Bonchev–Trinajstić information content (AvgIpc) is 2.06. The highest BCUT2D eigenvalue weighted by atomic mass is 35.5. The molecule has 0 radical (unpaired) electrons. The van der Waals surface area contributed by atoms with Gasteiger partial charge in [0.25, 0.3) is 0 Å². The first kappa shape index (κ1) is 9.52. The van der Waals surface area contributed by atoms with Crippen molar-refractivity contribution in [3.8, 4) is 0 Å². The Morgan fingerprint density at radius 2 is 1.83 bits per heavy atom. The summed E-state index contributed by atoms with van der Waals surface area (Å²) in [6.45, 7) is 0. The van der Waals surface area contributed by atoms with Gasteiger partial charge in [-0.3, -0.25) is 8.63 Å². The Labute approximate surface area is 75.7 Å². The molecule has 0 spiro atoms. The van der Waals surface area contributed by atoms with Crippen LogP contribution in [0.2, 0.25) is 0 Å². The fourth-order valence-corrected chi connectivity index (χ4v) is 1.11. The molecule has 1 rings (SSSR count). The highest BCUT2D eigenvalue weighted by molar-refractivity contribution is 6.58. The normalized spacial score (nSPS) is 12.6. The minimum atomic E-state index is -2.45. The highest BCUT2D eigenvalue weighted by Gasteiger charge is 2.24. The maximum atomic E-state index is 12.0. The van der Waals surface area contributed by atoms with E-state index in [4.69, 9.17) is 11.6 Å². The summed E-state index contributed by atoms with van der Waals surface area (Å²) < 4.78 is 24.0. The summed E-state index contributed by atoms with van der Waals surface area (Å²) in [5, 5.41) is -1.08. The molecular weight excluding hydrogens is 180 g/mol. The fourth-order valence-electron chi connectivity index (χ4n) is 0.928. The van der Waals surface area contributed by atoms with E-state index >= 15 is 0 Å². The third kappa shape index (κ3) is 2.82. The van der Waals surface area contributed by atoms with Crippen molar-refractivity contribution >= 4 is 18.9 Å². The number of alkyl halides is 1. The van der Waals surface area contributed by atoms with E-state index in [1.54, 1.807) is 12.1 Å². The van der Waals surface area contributed by atoms with Crippen LogP contribution in [0.1, 0.15) is 5.56 Å². The van der Waals surface area contributed by atoms with E-state index in [9.17, 15) is 8.63 Å². The van der Waals surface area contributed by atoms with E-state index in [0.717, 1.165) is 5.56 Å². The molecule has 0 amide bonds. The molecule has 64 valence electrons. The number of benzene rings is 1. The van der Waals surface area contributed by atoms with Gasteiger partial charge in [0.05, 0.1) is 5.28 Å². The largest absolute Gasteiger partial charge is 0.556 e. The molecule has 0 saturated carbocycles. The maximum Gasteiger partial charge on any atom is 0.556 e. The predicted octanol–water partition coefficient (Wildman–Crippen LogP) is 2.80. The molecule has 0 aliphatic carbocycles. The predicted molar refractivity (Wildman–Crippen MR) is 47.8 cm³/mol. The molecule has 0 aromatic heterocycles. The van der Waals surface area contributed by atoms with E-state index in [-0.39, 0.29) is 6.42 Å². The molecular formula is C8H8BClF2. The van der Waals surface area contributed by atoms with E-state index in [2.05, 4.69) is 0 Å². The molecule has 1 unspecified atom stereocenters. The van der Waals surface area contributed by atoms with Gasteiger partial charge in [-0.2, -0.15) is 0 Å². The molecule has 0 fully saturated rings. The summed E-state index contributed by atoms with van der Waals surface area (Å²) in [4.78, 5) is 0. The number of halogens is 3. The first-order valence-corrected chi connectivity index (χ1v) is 4.10. The highest BCUT2D eigenvalue weighted by Crippen LogP contribution is 2.11. The van der Waals surface area contributed by atoms with Crippen LogP contribution in [0.25, 0.3) is 0 Å². The van der Waals surface area contributed by atoms with Crippen LogP contribution in [0.5, 0.6) is 0 Å². The van der Waals surface area contributed by atoms with Gasteiger partial charge in [0.2, 0.25) is 0 Å². The summed E-state index contributed by atoms with van der Waals surface area (Å²) in [6.07, 6.45) is 0.222. The fraction of sp³-hybridized carbons (Fsp3) is 0.250. The maximum absolute atomic E-state index is 12.0. The minimum absolute atomic E-state index is 0.222. The Morgan fingerprint density at radius 3 is 2.33 bits per heavy atom. The van der Waals surface area contributed by atoms with Gasteiger partial charge in [0, 0.05) is 0 Å². The van der Waals surface area contributed by atoms with Gasteiger partial charge in [-0.05, 0) is 12.0 Å². The van der Waals surface area contributed by atoms with E-state index in [0.29, 0.717) is 0 Å². The third-order valence-electron chi connectivity index (χ3n) is 1.55. The molecule has 0 heterocycles. The van der Waals surface area contributed by atoms with E-state index < -0.39 is 12.5 Å². The molecule has 1 atom stereocenters. The first-order valence-electron chi connectivity index (χ1n) is 3.66. The Bertz CT molecular complexity index is 228. The Balaban J connectivity index is 2.53. The van der Waals surface area contributed by atoms with Gasteiger partial charge in [0.15, 0.2) is 0 Å². The van der Waals surface area contributed by atoms with Crippen LogP contribution in [0, 0.1) is 0 Å². The Morgan fingerprint density at radius 1 is 1.25 bits per heavy atom. The molecule has 1 aromatic rings. The minimum Gasteiger partial charge on any atom is -0.285 e. The summed E-state index contributed by atoms with van der Waals surface area (Å²) in [7, 11) is -2.45. The number of hydrogen-bond donors (Lipinski definition) is 0. The zero-order valence-corrected chi connectivity index (χ0v) is 7.14. The zero-order chi connectivity index (χ0) is 8.97. The average molecular weight is 188 g/mol. The molecule has 0 N–H and O–H groups in total. The van der Waals surface area contributed by atoms with Gasteiger partial charge in [-0.25, -0.2) is 0 Å². The molecule has 0 bridgehead atoms. The van der Waals surface area contributed by atoms with Crippen molar-refractivity contribution in [3.05, 3.63) is 35.9 Å². The monoisotopic (exact) mass is 188 g/mol. The molecule has 0 saturated heterocycles. The van der Waals surface area contributed by atoms with Crippen molar-refractivity contribution in [2.24, 2.45) is 0 Å². The quantitative estimate of drug-likeness (QED) is 0.505. The topological polar surface area (TPSA) is 0 Å². The summed E-state index contributed by atoms with van der Waals surface area (Å²) in [5.74, 6) is 0. The molecule has 1 aromatic carbocycles. The van der Waals surface area contributed by atoms with E-state index in [1.165, 1.54) is 0 Å². The second-order valence-electron chi connectivity index (χ2n) is 2.54. The lowest BCUT2D eigenvalue weighted by atomic mass is 9.87. The van der Waals surface area contributed by atoms with Crippen LogP contribution in [0.3, 0.4) is 0 Å². The van der Waals surface area contributed by atoms with Gasteiger partial charge >= 0.3 is 7.27 Å². The Hall–Kier alpha value is -0.565. The summed E-state index contributed by atoms with van der Waals surface area (Å²) in [6, 6.07) is 9.04. The standard InChI is InChI=1S/C8H8BClF2/c10-8(9(11)12)6-7-4-2-1-3-5-7/h1-5,8H,6H2. The van der Waals surface area contributed by atoms with Crippen LogP contribution in [0.15, 0.2) is 30.3 Å². The SMILES string of the molecule is FB(F)C(Cl)Cc1ccccc1. The van der Waals surface area contributed by atoms with Crippen LogP contribution in [-0.2, 0) is 6.42 Å². The van der Waals surface area contributed by atoms with Gasteiger partial charge in [0.1, 0.15) is 0 Å². The van der Waals surface area contributed by atoms with Crippen LogP contribution >= 0.6 is 11.6 Å². The first-order chi connectivity index (χ1) is 5.70. The smallest absolute Gasteiger partial charge is 0.285 e. The van der Waals surface area contributed by atoms with Gasteiger partial charge in [-0.15, -0.1) is 11.6 Å². The van der Waals surface area contributed by atoms with Gasteiger partial charge < -0.3 is 0 Å². The van der Waals surface area contributed by atoms with Crippen LogP contribution in [-0.4, -0.2) is 12.5 Å². The molecule has 0 aliphatic rings. The summed E-state index contributed by atoms with van der Waals surface area (Å²) in [5.41, 5.74) is 0.845. The van der Waals surface area contributed by atoms with Crippen LogP contribution < -0.4 is 0 Å². The lowest BCUT2D eigenvalue weighted by molar-refractivity contribution is 0.641. The Kier molecular flexibility index (Phi) is 3.54. The van der Waals surface area contributed by atoms with Crippen molar-refractivity contribution in [1.82, 2.24) is 0 Å². The van der Waals surface area contributed by atoms with Crippen molar-refractivity contribution in [2.45, 2.75) is 11.7 Å². The van der Waals surface area contributed by atoms with Crippen LogP contribution in [0.4, 0.5) is 8.63 Å². The van der Waals surface area contributed by atoms with Crippen molar-refractivity contribution in [3.63, 3.8) is 0 Å². The lowest BCUT2D eigenvalue weighted by Gasteiger charge is -2.04. The van der Waals surface area contributed by atoms with Crippen molar-refractivity contribution in [2.75, 3.05) is 0 Å². The van der Waals surface area contributed by atoms with Crippen molar-refractivity contribution < 1.29 is 8.63 Å². The molecule has 12 heavy (non-hydrogen) atoms. The number of hydrogen-bond acceptors (Lipinski definition) is 0. The van der Waals surface area contributed by atoms with Gasteiger partial charge in [-0.1, -0.05) is 30.3 Å². The molecule has 0 aliphatic heterocycles. The lowest BCUT2D eigenvalue weighted by Crippen LogP contribution is -2.18. The number of rotatable bonds is 3. The van der Waals surface area contributed by atoms with Crippen molar-refractivity contribution in [1.29, 1.82) is 0 Å². The second-order valence-corrected chi connectivity index (χ2v) is 3.10. The third-order valence-corrected chi connectivity index (χ3v) is 1.89. The summed E-state index contributed by atoms with van der Waals surface area (Å²) >= 11 is 5.40. The second kappa shape index (κ2) is 4.46.